The Morgan fingerprint density at radius 2 is 1.66 bits per heavy atom. The predicted molar refractivity (Wildman–Crippen MR) is 124 cm³/mol. The van der Waals surface area contributed by atoms with E-state index in [-0.39, 0.29) is 23.7 Å². The van der Waals surface area contributed by atoms with Gasteiger partial charge in [0, 0.05) is 17.7 Å². The lowest BCUT2D eigenvalue weighted by atomic mass is 10.1. The van der Waals surface area contributed by atoms with Crippen LogP contribution in [0, 0.1) is 0 Å². The lowest BCUT2D eigenvalue weighted by molar-refractivity contribution is -0.196. The molecule has 0 saturated heterocycles. The Labute approximate surface area is 200 Å². The van der Waals surface area contributed by atoms with Crippen LogP contribution in [0.4, 0.5) is 13.2 Å². The van der Waals surface area contributed by atoms with Gasteiger partial charge in [0.2, 0.25) is 0 Å². The van der Waals surface area contributed by atoms with Crippen LogP contribution in [0.15, 0.2) is 89.9 Å². The minimum absolute atomic E-state index is 0.0521. The Balaban J connectivity index is 1.74. The molecule has 0 fully saturated rings. The van der Waals surface area contributed by atoms with E-state index in [1.54, 1.807) is 36.4 Å². The number of rotatable bonds is 7. The molecule has 0 aromatic heterocycles. The van der Waals surface area contributed by atoms with E-state index in [1.807, 2.05) is 35.6 Å². The van der Waals surface area contributed by atoms with E-state index in [0.717, 1.165) is 10.5 Å². The summed E-state index contributed by atoms with van der Waals surface area (Å²) in [5.74, 6) is -2.34. The Morgan fingerprint density at radius 1 is 1.00 bits per heavy atom. The first kappa shape index (κ1) is 24.0. The standard InChI is InChI=1S/C26H22F3N3O3/c1-35-21-14-8-13-20(17-21)23(33)31-25(26(27,28)29)24(34)32(16-15-18-9-4-2-5-10-18)22(30-25)19-11-6-3-7-12-19/h2-14,17H,15-16H2,1H3,(H,31,33). The van der Waals surface area contributed by atoms with E-state index >= 15 is 0 Å². The number of nitrogens with one attached hydrogen (secondary N) is 1. The van der Waals surface area contributed by atoms with Gasteiger partial charge in [-0.3, -0.25) is 14.5 Å². The molecule has 35 heavy (non-hydrogen) atoms. The van der Waals surface area contributed by atoms with Crippen molar-refractivity contribution in [2.45, 2.75) is 18.3 Å². The van der Waals surface area contributed by atoms with Gasteiger partial charge >= 0.3 is 11.8 Å². The number of halogens is 3. The molecule has 1 N–H and O–H groups in total. The van der Waals surface area contributed by atoms with E-state index in [1.165, 1.54) is 25.3 Å². The number of alkyl halides is 3. The summed E-state index contributed by atoms with van der Waals surface area (Å²) in [7, 11) is 1.37. The average Bonchev–Trinajstić information content (AvgIpc) is 3.16. The second-order valence-electron chi connectivity index (χ2n) is 7.89. The summed E-state index contributed by atoms with van der Waals surface area (Å²) in [5, 5.41) is 1.88. The summed E-state index contributed by atoms with van der Waals surface area (Å²) in [4.78, 5) is 31.1. The lowest BCUT2D eigenvalue weighted by Gasteiger charge is -2.29. The molecule has 0 spiro atoms. The van der Waals surface area contributed by atoms with E-state index in [2.05, 4.69) is 4.99 Å². The van der Waals surface area contributed by atoms with E-state index in [9.17, 15) is 22.8 Å². The zero-order valence-electron chi connectivity index (χ0n) is 18.8. The molecule has 9 heteroatoms. The van der Waals surface area contributed by atoms with Gasteiger partial charge in [-0.15, -0.1) is 0 Å². The van der Waals surface area contributed by atoms with Crippen LogP contribution in [0.3, 0.4) is 0 Å². The Bertz CT molecular complexity index is 1250. The Morgan fingerprint density at radius 3 is 2.29 bits per heavy atom. The highest BCUT2D eigenvalue weighted by molar-refractivity contribution is 6.16. The zero-order chi connectivity index (χ0) is 25.1. The molecule has 4 rings (SSSR count). The largest absolute Gasteiger partial charge is 0.497 e. The predicted octanol–water partition coefficient (Wildman–Crippen LogP) is 4.22. The molecule has 1 atom stereocenters. The highest BCUT2D eigenvalue weighted by Crippen LogP contribution is 2.38. The Hall–Kier alpha value is -4.14. The van der Waals surface area contributed by atoms with Crippen LogP contribution in [-0.2, 0) is 11.2 Å². The van der Waals surface area contributed by atoms with Gasteiger partial charge in [0.25, 0.3) is 11.8 Å². The number of aliphatic imine (C=N–C) groups is 1. The summed E-state index contributed by atoms with van der Waals surface area (Å²) in [5.41, 5.74) is -2.39. The number of hydrogen-bond donors (Lipinski definition) is 1. The molecule has 0 bridgehead atoms. The van der Waals surface area contributed by atoms with Gasteiger partial charge in [-0.1, -0.05) is 66.7 Å². The molecular weight excluding hydrogens is 459 g/mol. The minimum Gasteiger partial charge on any atom is -0.497 e. The smallest absolute Gasteiger partial charge is 0.442 e. The monoisotopic (exact) mass is 481 g/mol. The first-order chi connectivity index (χ1) is 16.7. The third-order valence-electron chi connectivity index (χ3n) is 5.62. The molecule has 3 aromatic carbocycles. The van der Waals surface area contributed by atoms with Crippen LogP contribution in [0.25, 0.3) is 0 Å². The van der Waals surface area contributed by atoms with Crippen molar-refractivity contribution in [2.24, 2.45) is 4.99 Å². The first-order valence-electron chi connectivity index (χ1n) is 10.8. The summed E-state index contributed by atoms with van der Waals surface area (Å²) in [6.07, 6.45) is -4.89. The van der Waals surface area contributed by atoms with Crippen molar-refractivity contribution in [3.63, 3.8) is 0 Å². The van der Waals surface area contributed by atoms with Crippen molar-refractivity contribution < 1.29 is 27.5 Å². The van der Waals surface area contributed by atoms with Crippen molar-refractivity contribution in [3.05, 3.63) is 102 Å². The molecular formula is C26H22F3N3O3. The number of nitrogens with zero attached hydrogens (tertiary/aromatic N) is 2. The highest BCUT2D eigenvalue weighted by Gasteiger charge is 2.67. The number of methoxy groups -OCH3 is 1. The SMILES string of the molecule is COc1cccc(C(=O)NC2(C(F)(F)F)N=C(c3ccccc3)N(CCc3ccccc3)C2=O)c1. The second kappa shape index (κ2) is 9.61. The lowest BCUT2D eigenvalue weighted by Crippen LogP contribution is -2.63. The molecule has 1 unspecified atom stereocenters. The van der Waals surface area contributed by atoms with Gasteiger partial charge < -0.3 is 10.1 Å². The fraction of sp³-hybridized carbons (Fsp3) is 0.192. The molecule has 3 aromatic rings. The number of benzene rings is 3. The number of carbonyl (C=O) groups excluding carboxylic acids is 2. The third kappa shape index (κ3) is 4.75. The van der Waals surface area contributed by atoms with Crippen LogP contribution in [0.1, 0.15) is 21.5 Å². The number of ether oxygens (including phenoxy) is 1. The fourth-order valence-corrected chi connectivity index (χ4v) is 3.80. The highest BCUT2D eigenvalue weighted by atomic mass is 19.4. The Kier molecular flexibility index (Phi) is 6.59. The van der Waals surface area contributed by atoms with Crippen molar-refractivity contribution in [1.82, 2.24) is 10.2 Å². The van der Waals surface area contributed by atoms with Crippen molar-refractivity contribution in [2.75, 3.05) is 13.7 Å². The van der Waals surface area contributed by atoms with Gasteiger partial charge in [0.05, 0.1) is 7.11 Å². The number of hydrogen-bond acceptors (Lipinski definition) is 4. The van der Waals surface area contributed by atoms with Crippen LogP contribution < -0.4 is 10.1 Å². The minimum atomic E-state index is -5.19. The van der Waals surface area contributed by atoms with Crippen molar-refractivity contribution in [3.8, 4) is 5.75 Å². The maximum absolute atomic E-state index is 14.5. The quantitative estimate of drug-likeness (QED) is 0.550. The average molecular weight is 481 g/mol. The molecule has 1 aliphatic heterocycles. The topological polar surface area (TPSA) is 71.0 Å². The molecule has 0 aliphatic carbocycles. The molecule has 1 aliphatic rings. The fourth-order valence-electron chi connectivity index (χ4n) is 3.80. The molecule has 2 amide bonds. The van der Waals surface area contributed by atoms with Crippen molar-refractivity contribution >= 4 is 17.6 Å². The van der Waals surface area contributed by atoms with Crippen molar-refractivity contribution in [1.29, 1.82) is 0 Å². The van der Waals surface area contributed by atoms with Crippen LogP contribution in [-0.4, -0.2) is 48.0 Å². The number of amidine groups is 1. The maximum Gasteiger partial charge on any atom is 0.442 e. The van der Waals surface area contributed by atoms with Gasteiger partial charge in [-0.05, 0) is 30.2 Å². The molecule has 1 heterocycles. The summed E-state index contributed by atoms with van der Waals surface area (Å²) >= 11 is 0. The van der Waals surface area contributed by atoms with E-state index in [4.69, 9.17) is 4.74 Å². The van der Waals surface area contributed by atoms with E-state index in [0.29, 0.717) is 12.0 Å². The van der Waals surface area contributed by atoms with Crippen LogP contribution in [0.5, 0.6) is 5.75 Å². The number of carbonyl (C=O) groups is 2. The summed E-state index contributed by atoms with van der Waals surface area (Å²) in [6.45, 7) is -0.0521. The van der Waals surface area contributed by atoms with Gasteiger partial charge in [-0.2, -0.15) is 13.2 Å². The molecule has 180 valence electrons. The molecule has 0 saturated carbocycles. The normalized spacial score (nSPS) is 17.8. The number of amides is 2. The third-order valence-corrected chi connectivity index (χ3v) is 5.62. The summed E-state index contributed by atoms with van der Waals surface area (Å²) < 4.78 is 48.6. The second-order valence-corrected chi connectivity index (χ2v) is 7.89. The summed E-state index contributed by atoms with van der Waals surface area (Å²) in [6, 6.07) is 22.8. The van der Waals surface area contributed by atoms with Gasteiger partial charge in [0.15, 0.2) is 0 Å². The first-order valence-corrected chi connectivity index (χ1v) is 10.8. The van der Waals surface area contributed by atoms with Crippen LogP contribution in [0.2, 0.25) is 0 Å². The molecule has 6 nitrogen and oxygen atoms in total. The van der Waals surface area contributed by atoms with Gasteiger partial charge in [-0.25, -0.2) is 4.99 Å². The van der Waals surface area contributed by atoms with Gasteiger partial charge in [0.1, 0.15) is 11.6 Å². The zero-order valence-corrected chi connectivity index (χ0v) is 18.8. The van der Waals surface area contributed by atoms with Crippen LogP contribution >= 0.6 is 0 Å². The van der Waals surface area contributed by atoms with E-state index < -0.39 is 23.7 Å². The maximum atomic E-state index is 14.5. The molecule has 0 radical (unpaired) electrons.